The first kappa shape index (κ1) is 13.9. The molecule has 0 saturated heterocycles. The lowest BCUT2D eigenvalue weighted by Crippen LogP contribution is -2.31. The van der Waals surface area contributed by atoms with Crippen molar-refractivity contribution in [1.29, 1.82) is 0 Å². The van der Waals surface area contributed by atoms with Gasteiger partial charge in [-0.3, -0.25) is 4.90 Å². The van der Waals surface area contributed by atoms with Gasteiger partial charge in [0.05, 0.1) is 19.3 Å². The van der Waals surface area contributed by atoms with Crippen molar-refractivity contribution in [1.82, 2.24) is 4.90 Å². The number of nitrogens with zero attached hydrogens (tertiary/aromatic N) is 1. The molecule has 0 aliphatic carbocycles. The molecule has 0 saturated carbocycles. The standard InChI is InChI=1S/C15H19NO3/c1-16-6-5-11-8-12(10-18)15(19)9-13(11)14(16)4-2-3-7-17/h8-9,14,17-19H,3,5-7,10H2,1H3. The highest BCUT2D eigenvalue weighted by molar-refractivity contribution is 5.46. The van der Waals surface area contributed by atoms with E-state index >= 15 is 0 Å². The molecule has 3 N–H and O–H groups in total. The SMILES string of the molecule is CN1CCc2cc(CO)c(O)cc2C1C#CCCO. The van der Waals surface area contributed by atoms with E-state index in [1.165, 1.54) is 0 Å². The zero-order valence-corrected chi connectivity index (χ0v) is 11.1. The lowest BCUT2D eigenvalue weighted by atomic mass is 9.91. The van der Waals surface area contributed by atoms with Gasteiger partial charge in [0, 0.05) is 18.5 Å². The Hall–Kier alpha value is -1.54. The normalized spacial score (nSPS) is 18.6. The Balaban J connectivity index is 2.39. The van der Waals surface area contributed by atoms with Crippen molar-refractivity contribution in [2.24, 2.45) is 0 Å². The highest BCUT2D eigenvalue weighted by Gasteiger charge is 2.24. The first-order chi connectivity index (χ1) is 9.17. The zero-order chi connectivity index (χ0) is 13.8. The van der Waals surface area contributed by atoms with Crippen molar-refractivity contribution in [3.05, 3.63) is 28.8 Å². The summed E-state index contributed by atoms with van der Waals surface area (Å²) in [6.45, 7) is 0.794. The van der Waals surface area contributed by atoms with Crippen LogP contribution in [0.2, 0.25) is 0 Å². The van der Waals surface area contributed by atoms with E-state index in [1.54, 1.807) is 6.07 Å². The lowest BCUT2D eigenvalue weighted by Gasteiger charge is -2.31. The number of benzene rings is 1. The molecule has 0 radical (unpaired) electrons. The van der Waals surface area contributed by atoms with Crippen LogP contribution in [0.5, 0.6) is 5.75 Å². The smallest absolute Gasteiger partial charge is 0.121 e. The fraction of sp³-hybridized carbons (Fsp3) is 0.467. The third-order valence-electron chi connectivity index (χ3n) is 3.46. The number of rotatable bonds is 2. The predicted octanol–water partition coefficient (Wildman–Crippen LogP) is 0.799. The Bertz CT molecular complexity index is 516. The van der Waals surface area contributed by atoms with Crippen molar-refractivity contribution >= 4 is 0 Å². The van der Waals surface area contributed by atoms with Gasteiger partial charge in [-0.25, -0.2) is 0 Å². The summed E-state index contributed by atoms with van der Waals surface area (Å²) in [5, 5.41) is 27.8. The van der Waals surface area contributed by atoms with Crippen LogP contribution in [-0.2, 0) is 13.0 Å². The Kier molecular flexibility index (Phi) is 4.43. The molecule has 2 rings (SSSR count). The summed E-state index contributed by atoms with van der Waals surface area (Å²) < 4.78 is 0. The largest absolute Gasteiger partial charge is 0.508 e. The van der Waals surface area contributed by atoms with E-state index in [-0.39, 0.29) is 25.0 Å². The second-order valence-corrected chi connectivity index (χ2v) is 4.77. The van der Waals surface area contributed by atoms with Crippen LogP contribution in [-0.4, -0.2) is 40.4 Å². The summed E-state index contributed by atoms with van der Waals surface area (Å²) >= 11 is 0. The molecular formula is C15H19NO3. The van der Waals surface area contributed by atoms with Gasteiger partial charge in [-0.15, -0.1) is 0 Å². The second kappa shape index (κ2) is 6.07. The summed E-state index contributed by atoms with van der Waals surface area (Å²) in [5.41, 5.74) is 2.68. The number of hydrogen-bond acceptors (Lipinski definition) is 4. The summed E-state index contributed by atoms with van der Waals surface area (Å²) in [5.74, 6) is 6.20. The third kappa shape index (κ3) is 2.90. The van der Waals surface area contributed by atoms with Crippen LogP contribution in [0.1, 0.15) is 29.2 Å². The van der Waals surface area contributed by atoms with Gasteiger partial charge in [0.25, 0.3) is 0 Å². The van der Waals surface area contributed by atoms with Gasteiger partial charge in [0.15, 0.2) is 0 Å². The van der Waals surface area contributed by atoms with E-state index < -0.39 is 0 Å². The quantitative estimate of drug-likeness (QED) is 0.689. The summed E-state index contributed by atoms with van der Waals surface area (Å²) in [4.78, 5) is 2.13. The molecule has 0 fully saturated rings. The number of fused-ring (bicyclic) bond motifs is 1. The average molecular weight is 261 g/mol. The molecule has 0 bridgehead atoms. The second-order valence-electron chi connectivity index (χ2n) is 4.77. The molecule has 1 aliphatic rings. The van der Waals surface area contributed by atoms with Crippen molar-refractivity contribution < 1.29 is 15.3 Å². The number of hydrogen-bond donors (Lipinski definition) is 3. The number of likely N-dealkylation sites (N-methyl/N-ethyl adjacent to an activating group) is 1. The molecule has 1 unspecified atom stereocenters. The monoisotopic (exact) mass is 261 g/mol. The molecule has 102 valence electrons. The molecule has 1 atom stereocenters. The molecule has 1 heterocycles. The zero-order valence-electron chi connectivity index (χ0n) is 11.1. The van der Waals surface area contributed by atoms with E-state index in [0.29, 0.717) is 12.0 Å². The van der Waals surface area contributed by atoms with Gasteiger partial charge in [0.1, 0.15) is 5.75 Å². The molecule has 0 spiro atoms. The summed E-state index contributed by atoms with van der Waals surface area (Å²) in [6.07, 6.45) is 1.34. The van der Waals surface area contributed by atoms with Crippen molar-refractivity contribution in [3.8, 4) is 17.6 Å². The fourth-order valence-corrected chi connectivity index (χ4v) is 2.37. The molecule has 1 aromatic carbocycles. The molecule has 0 amide bonds. The Morgan fingerprint density at radius 1 is 1.37 bits per heavy atom. The van der Waals surface area contributed by atoms with Gasteiger partial charge < -0.3 is 15.3 Å². The van der Waals surface area contributed by atoms with Crippen LogP contribution in [0.3, 0.4) is 0 Å². The maximum atomic E-state index is 9.88. The van der Waals surface area contributed by atoms with E-state index in [9.17, 15) is 10.2 Å². The third-order valence-corrected chi connectivity index (χ3v) is 3.46. The first-order valence-electron chi connectivity index (χ1n) is 6.42. The van der Waals surface area contributed by atoms with E-state index in [4.69, 9.17) is 5.11 Å². The van der Waals surface area contributed by atoms with Crippen LogP contribution < -0.4 is 0 Å². The van der Waals surface area contributed by atoms with Crippen LogP contribution in [0.15, 0.2) is 12.1 Å². The molecule has 0 aromatic heterocycles. The van der Waals surface area contributed by atoms with E-state index in [1.807, 2.05) is 13.1 Å². The van der Waals surface area contributed by atoms with Gasteiger partial charge in [-0.1, -0.05) is 11.8 Å². The molecule has 1 aromatic rings. The Labute approximate surface area is 113 Å². The Morgan fingerprint density at radius 3 is 2.84 bits per heavy atom. The number of aliphatic hydroxyl groups excluding tert-OH is 2. The number of phenols is 1. The molecule has 1 aliphatic heterocycles. The van der Waals surface area contributed by atoms with Crippen molar-refractivity contribution in [2.75, 3.05) is 20.2 Å². The van der Waals surface area contributed by atoms with Crippen LogP contribution in [0.25, 0.3) is 0 Å². The van der Waals surface area contributed by atoms with E-state index in [2.05, 4.69) is 16.7 Å². The maximum Gasteiger partial charge on any atom is 0.121 e. The molecular weight excluding hydrogens is 242 g/mol. The minimum Gasteiger partial charge on any atom is -0.508 e. The predicted molar refractivity (Wildman–Crippen MR) is 72.6 cm³/mol. The first-order valence-corrected chi connectivity index (χ1v) is 6.42. The van der Waals surface area contributed by atoms with Crippen LogP contribution in [0.4, 0.5) is 0 Å². The van der Waals surface area contributed by atoms with Gasteiger partial charge >= 0.3 is 0 Å². The van der Waals surface area contributed by atoms with Crippen LogP contribution >= 0.6 is 0 Å². The minimum atomic E-state index is -0.157. The van der Waals surface area contributed by atoms with Crippen molar-refractivity contribution in [3.63, 3.8) is 0 Å². The topological polar surface area (TPSA) is 63.9 Å². The van der Waals surface area contributed by atoms with E-state index in [0.717, 1.165) is 24.1 Å². The lowest BCUT2D eigenvalue weighted by molar-refractivity contribution is 0.268. The van der Waals surface area contributed by atoms with Gasteiger partial charge in [0.2, 0.25) is 0 Å². The highest BCUT2D eigenvalue weighted by atomic mass is 16.3. The van der Waals surface area contributed by atoms with Crippen molar-refractivity contribution in [2.45, 2.75) is 25.5 Å². The molecule has 19 heavy (non-hydrogen) atoms. The average Bonchev–Trinajstić information content (AvgIpc) is 2.41. The fourth-order valence-electron chi connectivity index (χ4n) is 2.37. The molecule has 4 nitrogen and oxygen atoms in total. The Morgan fingerprint density at radius 2 is 2.16 bits per heavy atom. The number of aromatic hydroxyl groups is 1. The van der Waals surface area contributed by atoms with Crippen LogP contribution in [0, 0.1) is 11.8 Å². The molecule has 4 heteroatoms. The van der Waals surface area contributed by atoms with Gasteiger partial charge in [-0.05, 0) is 36.7 Å². The number of aliphatic hydroxyl groups is 2. The highest BCUT2D eigenvalue weighted by Crippen LogP contribution is 2.33. The van der Waals surface area contributed by atoms with Gasteiger partial charge in [-0.2, -0.15) is 0 Å². The maximum absolute atomic E-state index is 9.88. The minimum absolute atomic E-state index is 0.0605. The summed E-state index contributed by atoms with van der Waals surface area (Å²) in [6, 6.07) is 3.50. The summed E-state index contributed by atoms with van der Waals surface area (Å²) in [7, 11) is 2.00.